The van der Waals surface area contributed by atoms with Crippen LogP contribution in [-0.2, 0) is 24.3 Å². The number of aryl methyl sites for hydroxylation is 1. The number of thiophene rings is 1. The van der Waals surface area contributed by atoms with Gasteiger partial charge >= 0.3 is 5.97 Å². The fraction of sp³-hybridized carbons (Fsp3) is 0.194. The molecule has 5 aromatic rings. The fourth-order valence-electron chi connectivity index (χ4n) is 4.85. The Balaban J connectivity index is 1.25. The predicted molar refractivity (Wildman–Crippen MR) is 163 cm³/mol. The third kappa shape index (κ3) is 5.99. The molecule has 0 saturated carbocycles. The van der Waals surface area contributed by atoms with Crippen LogP contribution >= 0.6 is 11.3 Å². The van der Waals surface area contributed by atoms with Gasteiger partial charge in [-0.25, -0.2) is 22.3 Å². The maximum absolute atomic E-state index is 13.6. The van der Waals surface area contributed by atoms with Crippen molar-refractivity contribution < 1.29 is 31.9 Å². The molecule has 10 nitrogen and oxygen atoms in total. The number of ether oxygens (including phenoxy) is 2. The van der Waals surface area contributed by atoms with Crippen molar-refractivity contribution in [1.29, 1.82) is 0 Å². The summed E-state index contributed by atoms with van der Waals surface area (Å²) in [7, 11) is -3.79. The van der Waals surface area contributed by atoms with E-state index in [1.807, 2.05) is 0 Å². The van der Waals surface area contributed by atoms with Crippen molar-refractivity contribution in [3.63, 3.8) is 0 Å². The van der Waals surface area contributed by atoms with Crippen molar-refractivity contribution in [2.75, 3.05) is 31.6 Å². The van der Waals surface area contributed by atoms with Gasteiger partial charge in [-0.05, 0) is 55.5 Å². The molecule has 1 saturated heterocycles. The Bertz CT molecular complexity index is 1940. The number of amides is 1. The molecule has 3 heterocycles. The molecular formula is C31H27FN4O6S2. The lowest BCUT2D eigenvalue weighted by atomic mass is 10.1. The first kappa shape index (κ1) is 29.6. The Hall–Kier alpha value is -4.43. The molecule has 44 heavy (non-hydrogen) atoms. The molecule has 1 aliphatic heterocycles. The number of benzene rings is 3. The number of aromatic nitrogens is 2. The zero-order chi connectivity index (χ0) is 30.8. The fourth-order valence-corrected chi connectivity index (χ4v) is 7.37. The van der Waals surface area contributed by atoms with Crippen LogP contribution in [0.25, 0.3) is 15.9 Å². The van der Waals surface area contributed by atoms with Gasteiger partial charge in [0.1, 0.15) is 15.5 Å². The lowest BCUT2D eigenvalue weighted by Gasteiger charge is -2.26. The second-order valence-electron chi connectivity index (χ2n) is 10.0. The molecule has 1 atom stereocenters. The minimum absolute atomic E-state index is 0.0290. The number of morpholine rings is 1. The van der Waals surface area contributed by atoms with E-state index in [0.29, 0.717) is 35.0 Å². The first-order valence-electron chi connectivity index (χ1n) is 13.7. The Morgan fingerprint density at radius 3 is 2.45 bits per heavy atom. The monoisotopic (exact) mass is 634 g/mol. The van der Waals surface area contributed by atoms with Gasteiger partial charge in [0.2, 0.25) is 16.1 Å². The first-order chi connectivity index (χ1) is 21.2. The molecule has 0 bridgehead atoms. The zero-order valence-corrected chi connectivity index (χ0v) is 25.1. The van der Waals surface area contributed by atoms with Crippen LogP contribution in [0.5, 0.6) is 0 Å². The molecule has 0 spiro atoms. The van der Waals surface area contributed by atoms with Crippen molar-refractivity contribution >= 4 is 49.1 Å². The summed E-state index contributed by atoms with van der Waals surface area (Å²) in [5.41, 5.74) is 1.97. The van der Waals surface area contributed by atoms with Crippen molar-refractivity contribution in [1.82, 2.24) is 14.1 Å². The summed E-state index contributed by atoms with van der Waals surface area (Å²) in [4.78, 5) is 28.0. The average molecular weight is 635 g/mol. The second-order valence-corrected chi connectivity index (χ2v) is 13.0. The molecule has 1 fully saturated rings. The number of hydrogen-bond donors (Lipinski definition) is 1. The normalized spacial score (nSPS) is 14.8. The molecule has 2 aromatic heterocycles. The Morgan fingerprint density at radius 1 is 1.00 bits per heavy atom. The first-order valence-corrected chi connectivity index (χ1v) is 16.0. The van der Waals surface area contributed by atoms with Gasteiger partial charge in [-0.15, -0.1) is 11.3 Å². The molecule has 0 unspecified atom stereocenters. The highest BCUT2D eigenvalue weighted by molar-refractivity contribution is 7.89. The molecular weight excluding hydrogens is 607 g/mol. The molecule has 1 N–H and O–H groups in total. The van der Waals surface area contributed by atoms with E-state index < -0.39 is 28.0 Å². The van der Waals surface area contributed by atoms with E-state index in [2.05, 4.69) is 10.4 Å². The number of carbonyl (C=O) groups is 2. The van der Waals surface area contributed by atoms with Gasteiger partial charge in [-0.3, -0.25) is 4.79 Å². The number of halogens is 1. The number of esters is 1. The summed E-state index contributed by atoms with van der Waals surface area (Å²) in [6.07, 6.45) is -1.33. The maximum Gasteiger partial charge on any atom is 0.349 e. The standard InChI is InChI=1S/C31H27FN4O6S2/c1-20-26-19-27(43-30(26)36(34-20)24-12-10-22(32)11-13-24)31(38)42-28(21-6-3-2-4-7-21)29(37)33-23-8-5-9-25(18-23)44(39,40)35-14-16-41-17-15-35/h2-13,18-19,28H,14-17H2,1H3,(H,33,37)/t28-/m1/s1. The number of nitrogens with zero attached hydrogens (tertiary/aromatic N) is 3. The summed E-state index contributed by atoms with van der Waals surface area (Å²) >= 11 is 1.14. The van der Waals surface area contributed by atoms with E-state index in [-0.39, 0.29) is 34.4 Å². The van der Waals surface area contributed by atoms with Crippen molar-refractivity contribution in [3.05, 3.63) is 107 Å². The summed E-state index contributed by atoms with van der Waals surface area (Å²) in [6, 6.07) is 22.0. The van der Waals surface area contributed by atoms with Crippen LogP contribution in [0.3, 0.4) is 0 Å². The number of nitrogens with one attached hydrogen (secondary N) is 1. The number of rotatable bonds is 8. The van der Waals surface area contributed by atoms with E-state index in [0.717, 1.165) is 16.7 Å². The average Bonchev–Trinajstić information content (AvgIpc) is 3.61. The summed E-state index contributed by atoms with van der Waals surface area (Å²) in [5, 5.41) is 7.96. The SMILES string of the molecule is Cc1nn(-c2ccc(F)cc2)c2sc(C(=O)O[C@@H](C(=O)Nc3cccc(S(=O)(=O)N4CCOCC4)c3)c3ccccc3)cc12. The number of fused-ring (bicyclic) bond motifs is 1. The smallest absolute Gasteiger partial charge is 0.349 e. The second kappa shape index (κ2) is 12.3. The van der Waals surface area contributed by atoms with Crippen LogP contribution in [0.4, 0.5) is 10.1 Å². The zero-order valence-electron chi connectivity index (χ0n) is 23.5. The summed E-state index contributed by atoms with van der Waals surface area (Å²) in [5.74, 6) is -1.75. The highest BCUT2D eigenvalue weighted by Crippen LogP contribution is 2.32. The molecule has 13 heteroatoms. The highest BCUT2D eigenvalue weighted by Gasteiger charge is 2.29. The van der Waals surface area contributed by atoms with Crippen LogP contribution < -0.4 is 5.32 Å². The minimum atomic E-state index is -3.79. The Labute approximate surface area is 256 Å². The van der Waals surface area contributed by atoms with Crippen molar-refractivity contribution in [3.8, 4) is 5.69 Å². The maximum atomic E-state index is 13.6. The van der Waals surface area contributed by atoms with Crippen LogP contribution in [-0.4, -0.2) is 60.7 Å². The van der Waals surface area contributed by atoms with Gasteiger partial charge in [-0.2, -0.15) is 9.40 Å². The Kier molecular flexibility index (Phi) is 8.27. The number of sulfonamides is 1. The van der Waals surface area contributed by atoms with Gasteiger partial charge in [0.05, 0.1) is 29.5 Å². The highest BCUT2D eigenvalue weighted by atomic mass is 32.2. The third-order valence-corrected chi connectivity index (χ3v) is 10.1. The van der Waals surface area contributed by atoms with Gasteiger partial charge in [-0.1, -0.05) is 36.4 Å². The van der Waals surface area contributed by atoms with E-state index in [4.69, 9.17) is 9.47 Å². The van der Waals surface area contributed by atoms with Crippen molar-refractivity contribution in [2.24, 2.45) is 0 Å². The van der Waals surface area contributed by atoms with E-state index in [1.54, 1.807) is 66.2 Å². The van der Waals surface area contributed by atoms with Crippen LogP contribution in [0.2, 0.25) is 0 Å². The molecule has 1 aliphatic rings. The molecule has 3 aromatic carbocycles. The molecule has 226 valence electrons. The molecule has 1 amide bonds. The topological polar surface area (TPSA) is 120 Å². The van der Waals surface area contributed by atoms with Crippen LogP contribution in [0, 0.1) is 12.7 Å². The molecule has 0 radical (unpaired) electrons. The van der Waals surface area contributed by atoms with Gasteiger partial charge < -0.3 is 14.8 Å². The number of carbonyl (C=O) groups excluding carboxylic acids is 2. The van der Waals surface area contributed by atoms with E-state index in [1.165, 1.54) is 34.6 Å². The lowest BCUT2D eigenvalue weighted by molar-refractivity contribution is -0.125. The molecule has 0 aliphatic carbocycles. The largest absolute Gasteiger partial charge is 0.443 e. The van der Waals surface area contributed by atoms with Crippen LogP contribution in [0.15, 0.2) is 89.8 Å². The quantitative estimate of drug-likeness (QED) is 0.236. The van der Waals surface area contributed by atoms with E-state index in [9.17, 15) is 22.4 Å². The number of anilines is 1. The van der Waals surface area contributed by atoms with Gasteiger partial charge in [0.25, 0.3) is 5.91 Å². The minimum Gasteiger partial charge on any atom is -0.443 e. The summed E-state index contributed by atoms with van der Waals surface area (Å²) < 4.78 is 53.8. The Morgan fingerprint density at radius 2 is 1.73 bits per heavy atom. The summed E-state index contributed by atoms with van der Waals surface area (Å²) in [6.45, 7) is 2.90. The van der Waals surface area contributed by atoms with Crippen molar-refractivity contribution in [2.45, 2.75) is 17.9 Å². The lowest BCUT2D eigenvalue weighted by Crippen LogP contribution is -2.40. The van der Waals surface area contributed by atoms with Crippen LogP contribution in [0.1, 0.15) is 27.0 Å². The molecule has 6 rings (SSSR count). The predicted octanol–water partition coefficient (Wildman–Crippen LogP) is 5.09. The van der Waals surface area contributed by atoms with Gasteiger partial charge in [0, 0.05) is 29.7 Å². The number of hydrogen-bond acceptors (Lipinski definition) is 8. The third-order valence-electron chi connectivity index (χ3n) is 7.09. The van der Waals surface area contributed by atoms with E-state index >= 15 is 0 Å². The van der Waals surface area contributed by atoms with Gasteiger partial charge in [0.15, 0.2) is 0 Å².